The fourth-order valence-corrected chi connectivity index (χ4v) is 5.27. The summed E-state index contributed by atoms with van der Waals surface area (Å²) in [5.41, 5.74) is 4.50. The third-order valence-corrected chi connectivity index (χ3v) is 7.61. The molecule has 0 heterocycles. The van der Waals surface area contributed by atoms with Gasteiger partial charge in [0, 0.05) is 44.7 Å². The molecule has 3 aromatic carbocycles. The molecule has 6 nitrogen and oxygen atoms in total. The normalized spacial score (nSPS) is 15.1. The number of carbonyl (C=O) groups is 1. The summed E-state index contributed by atoms with van der Waals surface area (Å²) in [6.07, 6.45) is 6.45. The number of nitrogens with zero attached hydrogens (tertiary/aromatic N) is 4. The van der Waals surface area contributed by atoms with Crippen molar-refractivity contribution in [2.24, 2.45) is 4.99 Å². The van der Waals surface area contributed by atoms with Crippen LogP contribution in [0.1, 0.15) is 61.1 Å². The zero-order chi connectivity index (χ0) is 28.2. The molecule has 0 aliphatic heterocycles. The molecular formula is C34H44N5O. The average molecular weight is 539 g/mol. The van der Waals surface area contributed by atoms with E-state index >= 15 is 0 Å². The molecule has 6 heteroatoms. The quantitative estimate of drug-likeness (QED) is 0.236. The zero-order valence-electron chi connectivity index (χ0n) is 24.3. The number of rotatable bonds is 11. The summed E-state index contributed by atoms with van der Waals surface area (Å²) in [4.78, 5) is 22.2. The van der Waals surface area contributed by atoms with Gasteiger partial charge in [0.05, 0.1) is 6.04 Å². The SMILES string of the molecule is C[N]C(=O)CC(c1ccccc1)c1ccc(N/C(=N/C2CCCCC2)N(CCN(C)C)Cc2ccccc2)cc1. The summed E-state index contributed by atoms with van der Waals surface area (Å²) in [7, 11) is 5.80. The van der Waals surface area contributed by atoms with Crippen molar-refractivity contribution >= 4 is 17.6 Å². The van der Waals surface area contributed by atoms with Gasteiger partial charge in [0.15, 0.2) is 5.96 Å². The molecule has 0 aromatic heterocycles. The van der Waals surface area contributed by atoms with Gasteiger partial charge in [-0.15, -0.1) is 0 Å². The van der Waals surface area contributed by atoms with Crippen LogP contribution < -0.4 is 10.6 Å². The molecule has 0 saturated heterocycles. The second-order valence-electron chi connectivity index (χ2n) is 11.0. The minimum atomic E-state index is -0.0876. The molecule has 3 aromatic rings. The predicted octanol–water partition coefficient (Wildman–Crippen LogP) is 6.13. The van der Waals surface area contributed by atoms with Crippen molar-refractivity contribution in [2.45, 2.75) is 57.0 Å². The number of likely N-dealkylation sites (N-methyl/N-ethyl adjacent to an activating group) is 1. The van der Waals surface area contributed by atoms with E-state index < -0.39 is 0 Å². The molecule has 1 unspecified atom stereocenters. The molecule has 1 aliphatic rings. The lowest BCUT2D eigenvalue weighted by atomic mass is 9.88. The van der Waals surface area contributed by atoms with E-state index in [4.69, 9.17) is 4.99 Å². The van der Waals surface area contributed by atoms with Gasteiger partial charge in [0.25, 0.3) is 0 Å². The van der Waals surface area contributed by atoms with E-state index in [2.05, 4.69) is 101 Å². The lowest BCUT2D eigenvalue weighted by molar-refractivity contribution is -0.121. The van der Waals surface area contributed by atoms with Gasteiger partial charge >= 0.3 is 0 Å². The van der Waals surface area contributed by atoms with Gasteiger partial charge in [-0.1, -0.05) is 92.1 Å². The number of hydrogen-bond acceptors (Lipinski definition) is 3. The second kappa shape index (κ2) is 15.2. The Morgan fingerprint density at radius 3 is 2.10 bits per heavy atom. The third kappa shape index (κ3) is 8.95. The minimum absolute atomic E-state index is 0.0310. The fourth-order valence-electron chi connectivity index (χ4n) is 5.27. The van der Waals surface area contributed by atoms with E-state index in [1.165, 1.54) is 24.8 Å². The van der Waals surface area contributed by atoms with Crippen LogP contribution in [-0.2, 0) is 11.3 Å². The van der Waals surface area contributed by atoms with Crippen LogP contribution in [0.4, 0.5) is 5.69 Å². The minimum Gasteiger partial charge on any atom is -0.337 e. The van der Waals surface area contributed by atoms with Gasteiger partial charge in [-0.2, -0.15) is 0 Å². The summed E-state index contributed by atoms with van der Waals surface area (Å²) in [6.45, 7) is 2.60. The van der Waals surface area contributed by atoms with Gasteiger partial charge in [0.2, 0.25) is 5.91 Å². The van der Waals surface area contributed by atoms with Crippen molar-refractivity contribution in [3.8, 4) is 0 Å². The molecule has 1 amide bonds. The first-order valence-corrected chi connectivity index (χ1v) is 14.6. The molecule has 211 valence electrons. The van der Waals surface area contributed by atoms with Crippen LogP contribution in [-0.4, -0.2) is 61.9 Å². The maximum Gasteiger partial charge on any atom is 0.241 e. The highest BCUT2D eigenvalue weighted by molar-refractivity contribution is 5.94. The summed E-state index contributed by atoms with van der Waals surface area (Å²) in [6, 6.07) is 29.7. The van der Waals surface area contributed by atoms with Crippen LogP contribution in [0.15, 0.2) is 89.9 Å². The Morgan fingerprint density at radius 1 is 0.850 bits per heavy atom. The van der Waals surface area contributed by atoms with Crippen LogP contribution in [0.3, 0.4) is 0 Å². The number of aliphatic imine (C=N–C) groups is 1. The van der Waals surface area contributed by atoms with Gasteiger partial charge in [0.1, 0.15) is 0 Å². The number of nitrogens with one attached hydrogen (secondary N) is 1. The molecule has 1 atom stereocenters. The van der Waals surface area contributed by atoms with E-state index in [1.807, 2.05) is 18.2 Å². The maximum absolute atomic E-state index is 12.3. The Kier molecular flexibility index (Phi) is 11.2. The van der Waals surface area contributed by atoms with Gasteiger partial charge < -0.3 is 15.1 Å². The maximum atomic E-state index is 12.3. The highest BCUT2D eigenvalue weighted by Crippen LogP contribution is 2.29. The third-order valence-electron chi connectivity index (χ3n) is 7.61. The molecule has 1 saturated carbocycles. The van der Waals surface area contributed by atoms with Gasteiger partial charge in [-0.3, -0.25) is 10.1 Å². The van der Waals surface area contributed by atoms with Crippen LogP contribution in [0, 0.1) is 0 Å². The first kappa shape index (κ1) is 29.3. The van der Waals surface area contributed by atoms with Crippen molar-refractivity contribution in [2.75, 3.05) is 39.5 Å². The van der Waals surface area contributed by atoms with E-state index in [-0.39, 0.29) is 11.8 Å². The Bertz CT molecular complexity index is 1190. The first-order chi connectivity index (χ1) is 19.5. The highest BCUT2D eigenvalue weighted by Gasteiger charge is 2.20. The standard InChI is InChI=1S/C34H44N5O/c1-35-33(40)25-32(28-15-9-5-10-16-28)29-19-21-31(22-20-29)37-34(36-30-17-11-6-12-18-30)39(24-23-38(2)3)26-27-13-7-4-8-14-27/h4-5,7-10,13-16,19-22,30,32H,6,11-12,17-18,23-26H2,1-3H3,(H,36,37). The summed E-state index contributed by atoms with van der Waals surface area (Å²) in [5, 5.41) is 7.60. The fraction of sp³-hybridized carbons (Fsp3) is 0.412. The van der Waals surface area contributed by atoms with Crippen LogP contribution in [0.25, 0.3) is 0 Å². The molecule has 0 spiro atoms. The van der Waals surface area contributed by atoms with Crippen LogP contribution in [0.5, 0.6) is 0 Å². The average Bonchev–Trinajstić information content (AvgIpc) is 2.99. The summed E-state index contributed by atoms with van der Waals surface area (Å²) in [5.74, 6) is 0.817. The van der Waals surface area contributed by atoms with E-state index in [9.17, 15) is 4.79 Å². The Balaban J connectivity index is 1.60. The number of benzene rings is 3. The molecule has 1 aliphatic carbocycles. The highest BCUT2D eigenvalue weighted by atomic mass is 16.1. The Hall–Kier alpha value is -3.64. The number of hydrogen-bond donors (Lipinski definition) is 1. The van der Waals surface area contributed by atoms with Crippen LogP contribution >= 0.6 is 0 Å². The summed E-state index contributed by atoms with van der Waals surface area (Å²) >= 11 is 0. The molecular weight excluding hydrogens is 494 g/mol. The van der Waals surface area contributed by atoms with E-state index in [1.54, 1.807) is 7.05 Å². The number of anilines is 1. The van der Waals surface area contributed by atoms with Crippen molar-refractivity contribution in [1.82, 2.24) is 15.1 Å². The molecule has 0 bridgehead atoms. The molecule has 1 fully saturated rings. The molecule has 1 N–H and O–H groups in total. The summed E-state index contributed by atoms with van der Waals surface area (Å²) < 4.78 is 0. The van der Waals surface area contributed by atoms with Gasteiger partial charge in [-0.25, -0.2) is 4.99 Å². The molecule has 40 heavy (non-hydrogen) atoms. The Labute approximate surface area is 240 Å². The van der Waals surface area contributed by atoms with E-state index in [0.717, 1.165) is 55.2 Å². The molecule has 1 radical (unpaired) electrons. The number of guanidine groups is 1. The largest absolute Gasteiger partial charge is 0.337 e. The van der Waals surface area contributed by atoms with Gasteiger partial charge in [-0.05, 0) is 55.8 Å². The van der Waals surface area contributed by atoms with Crippen molar-refractivity contribution in [1.29, 1.82) is 0 Å². The molecule has 4 rings (SSSR count). The number of amides is 1. The zero-order valence-corrected chi connectivity index (χ0v) is 24.3. The van der Waals surface area contributed by atoms with Crippen LogP contribution in [0.2, 0.25) is 0 Å². The van der Waals surface area contributed by atoms with Crippen molar-refractivity contribution < 1.29 is 4.79 Å². The topological polar surface area (TPSA) is 62.0 Å². The number of carbonyl (C=O) groups excluding carboxylic acids is 1. The Morgan fingerprint density at radius 2 is 1.48 bits per heavy atom. The lowest BCUT2D eigenvalue weighted by Crippen LogP contribution is -2.41. The second-order valence-corrected chi connectivity index (χ2v) is 11.0. The lowest BCUT2D eigenvalue weighted by Gasteiger charge is -2.30. The van der Waals surface area contributed by atoms with E-state index in [0.29, 0.717) is 12.5 Å². The predicted molar refractivity (Wildman–Crippen MR) is 166 cm³/mol. The van der Waals surface area contributed by atoms with Crippen molar-refractivity contribution in [3.05, 3.63) is 102 Å². The smallest absolute Gasteiger partial charge is 0.241 e. The first-order valence-electron chi connectivity index (χ1n) is 14.6. The van der Waals surface area contributed by atoms with Crippen molar-refractivity contribution in [3.63, 3.8) is 0 Å². The monoisotopic (exact) mass is 538 g/mol.